The van der Waals surface area contributed by atoms with Crippen molar-refractivity contribution in [3.63, 3.8) is 0 Å². The Balaban J connectivity index is 1.75. The first-order valence-corrected chi connectivity index (χ1v) is 7.93. The summed E-state index contributed by atoms with van der Waals surface area (Å²) in [5, 5.41) is 2.93. The lowest BCUT2D eigenvalue weighted by molar-refractivity contribution is -0.111. The molecule has 3 aromatic rings. The molecule has 1 N–H and O–H groups in total. The highest BCUT2D eigenvalue weighted by atomic mass is 16.1. The van der Waals surface area contributed by atoms with Crippen LogP contribution in [0.4, 0.5) is 5.69 Å². The third kappa shape index (κ3) is 3.66. The molecule has 0 atom stereocenters. The molecule has 24 heavy (non-hydrogen) atoms. The number of nitrogens with one attached hydrogen (secondary N) is 1. The summed E-state index contributed by atoms with van der Waals surface area (Å²) >= 11 is 0. The van der Waals surface area contributed by atoms with E-state index in [0.29, 0.717) is 11.6 Å². The molecular formula is C20H19N3O. The number of hydrogen-bond donors (Lipinski definition) is 1. The number of anilines is 1. The van der Waals surface area contributed by atoms with E-state index < -0.39 is 0 Å². The zero-order chi connectivity index (χ0) is 16.9. The van der Waals surface area contributed by atoms with Crippen molar-refractivity contribution in [3.05, 3.63) is 72.1 Å². The van der Waals surface area contributed by atoms with Crippen molar-refractivity contribution in [2.75, 3.05) is 5.32 Å². The number of benzene rings is 2. The van der Waals surface area contributed by atoms with Crippen LogP contribution in [0.2, 0.25) is 0 Å². The first-order valence-electron chi connectivity index (χ1n) is 7.93. The van der Waals surface area contributed by atoms with Gasteiger partial charge in [-0.15, -0.1) is 0 Å². The second-order valence-corrected chi connectivity index (χ2v) is 5.85. The van der Waals surface area contributed by atoms with E-state index in [4.69, 9.17) is 0 Å². The van der Waals surface area contributed by atoms with Crippen LogP contribution in [0.15, 0.2) is 60.8 Å². The molecule has 1 aromatic heterocycles. The molecule has 0 aliphatic rings. The maximum absolute atomic E-state index is 12.2. The van der Waals surface area contributed by atoms with Gasteiger partial charge in [-0.3, -0.25) is 9.78 Å². The standard InChI is InChI=1S/C20H19N3O/c1-14(2)16-7-3-4-8-17(16)23-20(24)12-11-15-13-21-18-9-5-6-10-19(18)22-15/h3-14H,1-2H3,(H,23,24)/b12-11+. The van der Waals surface area contributed by atoms with Gasteiger partial charge in [-0.2, -0.15) is 0 Å². The van der Waals surface area contributed by atoms with Gasteiger partial charge in [0.2, 0.25) is 5.91 Å². The SMILES string of the molecule is CC(C)c1ccccc1NC(=O)/C=C/c1cnc2ccccc2n1. The normalized spacial score (nSPS) is 11.3. The molecule has 0 radical (unpaired) electrons. The average molecular weight is 317 g/mol. The zero-order valence-corrected chi connectivity index (χ0v) is 13.7. The molecule has 0 fully saturated rings. The van der Waals surface area contributed by atoms with Gasteiger partial charge < -0.3 is 5.32 Å². The molecule has 1 amide bonds. The Morgan fingerprint density at radius 3 is 2.54 bits per heavy atom. The van der Waals surface area contributed by atoms with Crippen molar-refractivity contribution in [1.29, 1.82) is 0 Å². The van der Waals surface area contributed by atoms with Gasteiger partial charge >= 0.3 is 0 Å². The van der Waals surface area contributed by atoms with E-state index in [2.05, 4.69) is 29.1 Å². The molecule has 0 aliphatic heterocycles. The first-order chi connectivity index (χ1) is 11.6. The molecule has 3 rings (SSSR count). The molecule has 0 saturated carbocycles. The fraction of sp³-hybridized carbons (Fsp3) is 0.150. The third-order valence-corrected chi connectivity index (χ3v) is 3.71. The number of fused-ring (bicyclic) bond motifs is 1. The van der Waals surface area contributed by atoms with E-state index in [1.807, 2.05) is 48.5 Å². The Labute approximate surface area is 141 Å². The van der Waals surface area contributed by atoms with Crippen LogP contribution in [0.1, 0.15) is 31.0 Å². The minimum absolute atomic E-state index is 0.182. The summed E-state index contributed by atoms with van der Waals surface area (Å²) in [5.41, 5.74) is 4.26. The number of hydrogen-bond acceptors (Lipinski definition) is 3. The number of aromatic nitrogens is 2. The van der Waals surface area contributed by atoms with Crippen molar-refractivity contribution in [1.82, 2.24) is 9.97 Å². The lowest BCUT2D eigenvalue weighted by atomic mass is 10.0. The number of amides is 1. The maximum Gasteiger partial charge on any atom is 0.248 e. The molecule has 0 bridgehead atoms. The Morgan fingerprint density at radius 1 is 1.04 bits per heavy atom. The monoisotopic (exact) mass is 317 g/mol. The van der Waals surface area contributed by atoms with Crippen molar-refractivity contribution in [2.24, 2.45) is 0 Å². The quantitative estimate of drug-likeness (QED) is 0.725. The van der Waals surface area contributed by atoms with Crippen LogP contribution in [-0.2, 0) is 4.79 Å². The van der Waals surface area contributed by atoms with E-state index in [0.717, 1.165) is 22.3 Å². The molecule has 120 valence electrons. The molecule has 2 aromatic carbocycles. The largest absolute Gasteiger partial charge is 0.322 e. The van der Waals surface area contributed by atoms with Crippen LogP contribution < -0.4 is 5.32 Å². The molecular weight excluding hydrogens is 298 g/mol. The van der Waals surface area contributed by atoms with Gasteiger partial charge in [0.1, 0.15) is 0 Å². The highest BCUT2D eigenvalue weighted by molar-refractivity contribution is 6.02. The van der Waals surface area contributed by atoms with Crippen LogP contribution in [0.5, 0.6) is 0 Å². The van der Waals surface area contributed by atoms with Crippen molar-refractivity contribution < 1.29 is 4.79 Å². The molecule has 0 saturated heterocycles. The Bertz CT molecular complexity index is 900. The predicted octanol–water partition coefficient (Wildman–Crippen LogP) is 4.41. The number of carbonyl (C=O) groups excluding carboxylic acids is 1. The molecule has 0 unspecified atom stereocenters. The summed E-state index contributed by atoms with van der Waals surface area (Å²) in [5.74, 6) is 0.162. The number of para-hydroxylation sites is 3. The molecule has 0 aliphatic carbocycles. The average Bonchev–Trinajstić information content (AvgIpc) is 2.60. The highest BCUT2D eigenvalue weighted by Gasteiger charge is 2.07. The lowest BCUT2D eigenvalue weighted by Crippen LogP contribution is -2.10. The first kappa shape index (κ1) is 15.9. The summed E-state index contributed by atoms with van der Waals surface area (Å²) in [6, 6.07) is 15.5. The molecule has 1 heterocycles. The van der Waals surface area contributed by atoms with Gasteiger partial charge in [0, 0.05) is 11.8 Å². The molecule has 4 nitrogen and oxygen atoms in total. The van der Waals surface area contributed by atoms with Gasteiger partial charge in [0.05, 0.1) is 22.9 Å². The fourth-order valence-electron chi connectivity index (χ4n) is 2.50. The van der Waals surface area contributed by atoms with E-state index >= 15 is 0 Å². The van der Waals surface area contributed by atoms with Gasteiger partial charge in [0.25, 0.3) is 0 Å². The van der Waals surface area contributed by atoms with Gasteiger partial charge in [0.15, 0.2) is 0 Å². The number of rotatable bonds is 4. The van der Waals surface area contributed by atoms with Gasteiger partial charge in [-0.25, -0.2) is 4.98 Å². The highest BCUT2D eigenvalue weighted by Crippen LogP contribution is 2.23. The van der Waals surface area contributed by atoms with E-state index in [1.54, 1.807) is 12.3 Å². The van der Waals surface area contributed by atoms with E-state index in [9.17, 15) is 4.79 Å². The summed E-state index contributed by atoms with van der Waals surface area (Å²) in [6.45, 7) is 4.21. The summed E-state index contributed by atoms with van der Waals surface area (Å²) in [7, 11) is 0. The van der Waals surface area contributed by atoms with Crippen molar-refractivity contribution in [2.45, 2.75) is 19.8 Å². The van der Waals surface area contributed by atoms with E-state index in [-0.39, 0.29) is 5.91 Å². The Morgan fingerprint density at radius 2 is 1.75 bits per heavy atom. The Hall–Kier alpha value is -3.01. The van der Waals surface area contributed by atoms with Crippen LogP contribution in [0, 0.1) is 0 Å². The van der Waals surface area contributed by atoms with Crippen LogP contribution in [0.3, 0.4) is 0 Å². The van der Waals surface area contributed by atoms with Crippen LogP contribution >= 0.6 is 0 Å². The smallest absolute Gasteiger partial charge is 0.248 e. The Kier molecular flexibility index (Phi) is 4.66. The predicted molar refractivity (Wildman–Crippen MR) is 97.7 cm³/mol. The van der Waals surface area contributed by atoms with Gasteiger partial charge in [-0.05, 0) is 35.8 Å². The molecule has 4 heteroatoms. The summed E-state index contributed by atoms with van der Waals surface area (Å²) in [4.78, 5) is 21.0. The summed E-state index contributed by atoms with van der Waals surface area (Å²) in [6.07, 6.45) is 4.82. The van der Waals surface area contributed by atoms with E-state index in [1.165, 1.54) is 6.08 Å². The van der Waals surface area contributed by atoms with Gasteiger partial charge in [-0.1, -0.05) is 44.2 Å². The zero-order valence-electron chi connectivity index (χ0n) is 13.7. The second-order valence-electron chi connectivity index (χ2n) is 5.85. The number of carbonyl (C=O) groups is 1. The van der Waals surface area contributed by atoms with Crippen molar-refractivity contribution in [3.8, 4) is 0 Å². The minimum atomic E-state index is -0.182. The fourth-order valence-corrected chi connectivity index (χ4v) is 2.50. The lowest BCUT2D eigenvalue weighted by Gasteiger charge is -2.12. The van der Waals surface area contributed by atoms with Crippen molar-refractivity contribution >= 4 is 28.7 Å². The molecule has 0 spiro atoms. The minimum Gasteiger partial charge on any atom is -0.322 e. The number of nitrogens with zero attached hydrogens (tertiary/aromatic N) is 2. The maximum atomic E-state index is 12.2. The third-order valence-electron chi connectivity index (χ3n) is 3.71. The van der Waals surface area contributed by atoms with Crippen LogP contribution in [-0.4, -0.2) is 15.9 Å². The topological polar surface area (TPSA) is 54.9 Å². The van der Waals surface area contributed by atoms with Crippen LogP contribution in [0.25, 0.3) is 17.1 Å². The second kappa shape index (κ2) is 7.04. The summed E-state index contributed by atoms with van der Waals surface area (Å²) < 4.78 is 0.